The average Bonchev–Trinajstić information content (AvgIpc) is 2.43. The Bertz CT molecular complexity index is 608. The Labute approximate surface area is 118 Å². The third-order valence-corrected chi connectivity index (χ3v) is 3.12. The maximum atomic E-state index is 11.2. The van der Waals surface area contributed by atoms with Crippen LogP contribution in [-0.2, 0) is 0 Å². The minimum atomic E-state index is -0.916. The van der Waals surface area contributed by atoms with Crippen molar-refractivity contribution in [3.63, 3.8) is 0 Å². The summed E-state index contributed by atoms with van der Waals surface area (Å²) in [5, 5.41) is 10.8. The number of carboxylic acid groups (broad SMARTS) is 1. The van der Waals surface area contributed by atoms with E-state index >= 15 is 0 Å². The number of benzene rings is 2. The molecule has 1 N–H and O–H groups in total. The molecular formula is C16H19NO3. The molecule has 0 atom stereocenters. The van der Waals surface area contributed by atoms with Crippen molar-refractivity contribution in [3.05, 3.63) is 42.0 Å². The van der Waals surface area contributed by atoms with Gasteiger partial charge in [0, 0.05) is 11.9 Å². The highest BCUT2D eigenvalue weighted by molar-refractivity contribution is 6.05. The predicted octanol–water partition coefficient (Wildman–Crippen LogP) is 2.87. The molecule has 0 aliphatic carbocycles. The number of hydrogen-bond acceptors (Lipinski definition) is 3. The molecule has 0 aliphatic heterocycles. The Hall–Kier alpha value is -2.07. The molecule has 0 unspecified atom stereocenters. The van der Waals surface area contributed by atoms with E-state index in [9.17, 15) is 9.90 Å². The molecule has 2 aromatic rings. The minimum Gasteiger partial charge on any atom is -0.493 e. The Morgan fingerprint density at radius 3 is 2.50 bits per heavy atom. The van der Waals surface area contributed by atoms with Crippen LogP contribution in [0.1, 0.15) is 16.8 Å². The van der Waals surface area contributed by atoms with Gasteiger partial charge in [-0.05, 0) is 38.0 Å². The highest BCUT2D eigenvalue weighted by Gasteiger charge is 2.11. The number of hydrogen-bond donors (Lipinski definition) is 1. The Morgan fingerprint density at radius 1 is 1.15 bits per heavy atom. The zero-order valence-electron chi connectivity index (χ0n) is 11.8. The van der Waals surface area contributed by atoms with Crippen LogP contribution in [0.5, 0.6) is 5.75 Å². The second-order valence-electron chi connectivity index (χ2n) is 4.97. The second-order valence-corrected chi connectivity index (χ2v) is 4.97. The van der Waals surface area contributed by atoms with Gasteiger partial charge < -0.3 is 14.7 Å². The van der Waals surface area contributed by atoms with Gasteiger partial charge in [-0.1, -0.05) is 24.3 Å². The first-order valence-corrected chi connectivity index (χ1v) is 6.62. The van der Waals surface area contributed by atoms with Crippen LogP contribution >= 0.6 is 0 Å². The second kappa shape index (κ2) is 6.39. The standard InChI is InChI=1S/C16H19NO3/c1-17(2)10-5-11-20-15-9-8-14(16(18)19)12-6-3-4-7-13(12)15/h3-4,6-9H,5,10-11H2,1-2H3,(H,18,19). The number of nitrogens with zero attached hydrogens (tertiary/aromatic N) is 1. The van der Waals surface area contributed by atoms with E-state index in [2.05, 4.69) is 4.90 Å². The zero-order valence-corrected chi connectivity index (χ0v) is 11.8. The summed E-state index contributed by atoms with van der Waals surface area (Å²) >= 11 is 0. The van der Waals surface area contributed by atoms with Gasteiger partial charge in [-0.3, -0.25) is 0 Å². The number of fused-ring (bicyclic) bond motifs is 1. The van der Waals surface area contributed by atoms with E-state index in [1.807, 2.05) is 38.4 Å². The quantitative estimate of drug-likeness (QED) is 0.822. The van der Waals surface area contributed by atoms with Gasteiger partial charge >= 0.3 is 5.97 Å². The monoisotopic (exact) mass is 273 g/mol. The van der Waals surface area contributed by atoms with Crippen molar-refractivity contribution >= 4 is 16.7 Å². The normalized spacial score (nSPS) is 10.9. The minimum absolute atomic E-state index is 0.307. The third kappa shape index (κ3) is 3.27. The van der Waals surface area contributed by atoms with Crippen molar-refractivity contribution in [1.29, 1.82) is 0 Å². The number of carbonyl (C=O) groups is 1. The van der Waals surface area contributed by atoms with Crippen molar-refractivity contribution < 1.29 is 14.6 Å². The first-order valence-electron chi connectivity index (χ1n) is 6.62. The van der Waals surface area contributed by atoms with Crippen LogP contribution in [0, 0.1) is 0 Å². The van der Waals surface area contributed by atoms with Crippen LogP contribution in [0.15, 0.2) is 36.4 Å². The molecule has 0 saturated heterocycles. The van der Waals surface area contributed by atoms with Crippen LogP contribution in [0.4, 0.5) is 0 Å². The predicted molar refractivity (Wildman–Crippen MR) is 79.6 cm³/mol. The van der Waals surface area contributed by atoms with Crippen molar-refractivity contribution in [2.75, 3.05) is 27.2 Å². The van der Waals surface area contributed by atoms with Gasteiger partial charge in [-0.25, -0.2) is 4.79 Å². The molecule has 20 heavy (non-hydrogen) atoms. The van der Waals surface area contributed by atoms with Crippen molar-refractivity contribution in [2.24, 2.45) is 0 Å². The highest BCUT2D eigenvalue weighted by Crippen LogP contribution is 2.28. The summed E-state index contributed by atoms with van der Waals surface area (Å²) in [4.78, 5) is 13.3. The first-order chi connectivity index (χ1) is 9.59. The summed E-state index contributed by atoms with van der Waals surface area (Å²) in [5.74, 6) is -0.176. The summed E-state index contributed by atoms with van der Waals surface area (Å²) in [5.41, 5.74) is 0.307. The van der Waals surface area contributed by atoms with Gasteiger partial charge in [-0.2, -0.15) is 0 Å². The van der Waals surface area contributed by atoms with Crippen molar-refractivity contribution in [2.45, 2.75) is 6.42 Å². The summed E-state index contributed by atoms with van der Waals surface area (Å²) in [6.07, 6.45) is 0.933. The molecule has 4 nitrogen and oxygen atoms in total. The number of rotatable bonds is 6. The number of aromatic carboxylic acids is 1. The highest BCUT2D eigenvalue weighted by atomic mass is 16.5. The van der Waals surface area contributed by atoms with Gasteiger partial charge in [0.25, 0.3) is 0 Å². The maximum absolute atomic E-state index is 11.2. The number of ether oxygens (including phenoxy) is 1. The van der Waals surface area contributed by atoms with Gasteiger partial charge in [0.15, 0.2) is 0 Å². The number of carboxylic acids is 1. The fraction of sp³-hybridized carbons (Fsp3) is 0.312. The summed E-state index contributed by atoms with van der Waals surface area (Å²) in [7, 11) is 4.05. The summed E-state index contributed by atoms with van der Waals surface area (Å²) < 4.78 is 5.78. The molecule has 4 heteroatoms. The molecular weight excluding hydrogens is 254 g/mol. The summed E-state index contributed by atoms with van der Waals surface area (Å²) in [6, 6.07) is 10.8. The lowest BCUT2D eigenvalue weighted by atomic mass is 10.0. The summed E-state index contributed by atoms with van der Waals surface area (Å²) in [6.45, 7) is 1.58. The fourth-order valence-corrected chi connectivity index (χ4v) is 2.15. The van der Waals surface area contributed by atoms with E-state index in [1.54, 1.807) is 12.1 Å². The Morgan fingerprint density at radius 2 is 1.85 bits per heavy atom. The molecule has 0 aromatic heterocycles. The topological polar surface area (TPSA) is 49.8 Å². The lowest BCUT2D eigenvalue weighted by molar-refractivity contribution is 0.0699. The molecule has 0 aliphatic rings. The zero-order chi connectivity index (χ0) is 14.5. The smallest absolute Gasteiger partial charge is 0.336 e. The molecule has 106 valence electrons. The van der Waals surface area contributed by atoms with E-state index in [1.165, 1.54) is 0 Å². The Kier molecular flexibility index (Phi) is 4.58. The molecule has 0 fully saturated rings. The molecule has 0 radical (unpaired) electrons. The van der Waals surface area contributed by atoms with E-state index in [4.69, 9.17) is 4.74 Å². The van der Waals surface area contributed by atoms with Crippen LogP contribution in [-0.4, -0.2) is 43.2 Å². The third-order valence-electron chi connectivity index (χ3n) is 3.12. The van der Waals surface area contributed by atoms with Crippen LogP contribution in [0.25, 0.3) is 10.8 Å². The molecule has 0 saturated carbocycles. The van der Waals surface area contributed by atoms with Gasteiger partial charge in [-0.15, -0.1) is 0 Å². The lowest BCUT2D eigenvalue weighted by Crippen LogP contribution is -2.15. The van der Waals surface area contributed by atoms with Gasteiger partial charge in [0.05, 0.1) is 12.2 Å². The first kappa shape index (κ1) is 14.3. The largest absolute Gasteiger partial charge is 0.493 e. The van der Waals surface area contributed by atoms with E-state index in [-0.39, 0.29) is 0 Å². The molecule has 2 rings (SSSR count). The van der Waals surface area contributed by atoms with Crippen LogP contribution in [0.2, 0.25) is 0 Å². The van der Waals surface area contributed by atoms with Gasteiger partial charge in [0.1, 0.15) is 5.75 Å². The van der Waals surface area contributed by atoms with E-state index < -0.39 is 5.97 Å². The van der Waals surface area contributed by atoms with Crippen molar-refractivity contribution in [1.82, 2.24) is 4.90 Å². The van der Waals surface area contributed by atoms with E-state index in [0.29, 0.717) is 17.6 Å². The van der Waals surface area contributed by atoms with Crippen LogP contribution < -0.4 is 4.74 Å². The Balaban J connectivity index is 2.22. The van der Waals surface area contributed by atoms with Crippen molar-refractivity contribution in [3.8, 4) is 5.75 Å². The SMILES string of the molecule is CN(C)CCCOc1ccc(C(=O)O)c2ccccc12. The molecule has 0 bridgehead atoms. The average molecular weight is 273 g/mol. The molecule has 0 spiro atoms. The maximum Gasteiger partial charge on any atom is 0.336 e. The van der Waals surface area contributed by atoms with E-state index in [0.717, 1.165) is 24.1 Å². The molecule has 2 aromatic carbocycles. The molecule has 0 amide bonds. The molecule has 0 heterocycles. The fourth-order valence-electron chi connectivity index (χ4n) is 2.15. The lowest BCUT2D eigenvalue weighted by Gasteiger charge is -2.13. The van der Waals surface area contributed by atoms with Crippen LogP contribution in [0.3, 0.4) is 0 Å². The van der Waals surface area contributed by atoms with Gasteiger partial charge in [0.2, 0.25) is 0 Å².